The van der Waals surface area contributed by atoms with E-state index < -0.39 is 7.60 Å². The van der Waals surface area contributed by atoms with Crippen LogP contribution >= 0.6 is 19.2 Å². The van der Waals surface area contributed by atoms with E-state index in [1.54, 1.807) is 12.1 Å². The van der Waals surface area contributed by atoms with E-state index in [0.29, 0.717) is 16.9 Å². The number of rotatable bonds is 9. The van der Waals surface area contributed by atoms with Crippen molar-refractivity contribution in [3.63, 3.8) is 0 Å². The fraction of sp³-hybridized carbons (Fsp3) is 0.500. The number of halogens is 1. The molecule has 1 unspecified atom stereocenters. The van der Waals surface area contributed by atoms with Crippen LogP contribution in [-0.4, -0.2) is 6.61 Å². The predicted octanol–water partition coefficient (Wildman–Crippen LogP) is 7.58. The summed E-state index contributed by atoms with van der Waals surface area (Å²) in [4.78, 5) is 0. The van der Waals surface area contributed by atoms with Gasteiger partial charge in [0.05, 0.1) is 11.9 Å². The molecule has 0 radical (unpaired) electrons. The Kier molecular flexibility index (Phi) is 7.81. The summed E-state index contributed by atoms with van der Waals surface area (Å²) in [5.74, 6) is 0.838. The molecule has 138 valence electrons. The number of benzene rings is 1. The van der Waals surface area contributed by atoms with Crippen LogP contribution in [0.15, 0.2) is 41.7 Å². The molecule has 1 aliphatic heterocycles. The van der Waals surface area contributed by atoms with Gasteiger partial charge < -0.3 is 4.52 Å². The van der Waals surface area contributed by atoms with Gasteiger partial charge in [-0.1, -0.05) is 50.4 Å². The maximum atomic E-state index is 13.5. The maximum absolute atomic E-state index is 13.5. The van der Waals surface area contributed by atoms with Crippen LogP contribution in [0.2, 0.25) is 5.02 Å². The van der Waals surface area contributed by atoms with Crippen molar-refractivity contribution in [1.29, 1.82) is 0 Å². The minimum Gasteiger partial charge on any atom is -0.425 e. The summed E-state index contributed by atoms with van der Waals surface area (Å²) < 4.78 is 25.1. The first-order valence-corrected chi connectivity index (χ1v) is 11.1. The van der Waals surface area contributed by atoms with Crippen LogP contribution in [0.1, 0.15) is 64.9 Å². The zero-order valence-corrected chi connectivity index (χ0v) is 17.0. The number of allylic oxidation sites excluding steroid dienone is 3. The first-order chi connectivity index (χ1) is 12.0. The minimum atomic E-state index is -3.37. The summed E-state index contributed by atoms with van der Waals surface area (Å²) in [5.41, 5.74) is 1.98. The van der Waals surface area contributed by atoms with Gasteiger partial charge in [0.25, 0.3) is 0 Å². The van der Waals surface area contributed by atoms with Crippen LogP contribution < -0.4 is 0 Å². The molecule has 1 heterocycles. The third-order valence-corrected chi connectivity index (χ3v) is 6.48. The Balaban J connectivity index is 2.48. The molecular formula is C20H28ClO3P. The van der Waals surface area contributed by atoms with E-state index in [9.17, 15) is 4.57 Å². The Labute approximate surface area is 156 Å². The molecule has 3 nitrogen and oxygen atoms in total. The van der Waals surface area contributed by atoms with Gasteiger partial charge >= 0.3 is 7.60 Å². The van der Waals surface area contributed by atoms with E-state index in [1.807, 2.05) is 25.1 Å². The summed E-state index contributed by atoms with van der Waals surface area (Å²) in [5, 5.41) is 1.29. The highest BCUT2D eigenvalue weighted by molar-refractivity contribution is 7.65. The molecule has 1 aliphatic rings. The average Bonchev–Trinajstić information content (AvgIpc) is 2.60. The van der Waals surface area contributed by atoms with E-state index in [1.165, 1.54) is 0 Å². The van der Waals surface area contributed by atoms with Crippen LogP contribution in [0.3, 0.4) is 0 Å². The Morgan fingerprint density at radius 1 is 1.04 bits per heavy atom. The molecule has 1 aromatic rings. The van der Waals surface area contributed by atoms with E-state index in [4.69, 9.17) is 20.6 Å². The third kappa shape index (κ3) is 5.23. The van der Waals surface area contributed by atoms with Gasteiger partial charge in [-0.2, -0.15) is 0 Å². The fourth-order valence-corrected chi connectivity index (χ4v) is 4.86. The predicted molar refractivity (Wildman–Crippen MR) is 106 cm³/mol. The second-order valence-electron chi connectivity index (χ2n) is 6.20. The van der Waals surface area contributed by atoms with Gasteiger partial charge in [-0.15, -0.1) is 0 Å². The second kappa shape index (κ2) is 9.62. The Bertz CT molecular complexity index is 677. The Morgan fingerprint density at radius 3 is 2.28 bits per heavy atom. The highest BCUT2D eigenvalue weighted by Gasteiger charge is 2.37. The largest absolute Gasteiger partial charge is 0.425 e. The maximum Gasteiger partial charge on any atom is 0.411 e. The fourth-order valence-electron chi connectivity index (χ4n) is 2.83. The molecule has 0 amide bonds. The molecule has 0 aromatic heterocycles. The molecule has 5 heteroatoms. The minimum absolute atomic E-state index is 0.341. The van der Waals surface area contributed by atoms with Crippen molar-refractivity contribution in [1.82, 2.24) is 0 Å². The van der Waals surface area contributed by atoms with Gasteiger partial charge in [-0.05, 0) is 55.5 Å². The average molecular weight is 383 g/mol. The molecule has 0 aliphatic carbocycles. The molecule has 0 saturated carbocycles. The summed E-state index contributed by atoms with van der Waals surface area (Å²) in [6.45, 7) is 6.50. The van der Waals surface area contributed by atoms with Crippen molar-refractivity contribution in [3.8, 4) is 0 Å². The van der Waals surface area contributed by atoms with E-state index in [2.05, 4.69) is 13.8 Å². The molecular weight excluding hydrogens is 355 g/mol. The first-order valence-electron chi connectivity index (χ1n) is 9.18. The van der Waals surface area contributed by atoms with E-state index >= 15 is 0 Å². The summed E-state index contributed by atoms with van der Waals surface area (Å²) >= 11 is 6.00. The topological polar surface area (TPSA) is 35.5 Å². The van der Waals surface area contributed by atoms with Gasteiger partial charge in [-0.25, -0.2) is 4.57 Å². The lowest BCUT2D eigenvalue weighted by Gasteiger charge is -2.28. The smallest absolute Gasteiger partial charge is 0.411 e. The van der Waals surface area contributed by atoms with Gasteiger partial charge in [-0.3, -0.25) is 4.52 Å². The second-order valence-corrected chi connectivity index (χ2v) is 8.55. The standard InChI is InChI=1S/C20H28ClO3P/c1-4-7-9-17-15-20(16-11-13-18(21)14-12-16)25(22,23-6-3)24-19(17)10-8-5-2/h11-15H,4-10H2,1-3H3. The highest BCUT2D eigenvalue weighted by atomic mass is 35.5. The summed E-state index contributed by atoms with van der Waals surface area (Å²) in [7, 11) is -3.37. The highest BCUT2D eigenvalue weighted by Crippen LogP contribution is 2.65. The SMILES string of the molecule is CCCCC1=C(CCCC)OP(=O)(OCC)C(c2ccc(Cl)cc2)=C1. The molecule has 2 rings (SSSR count). The molecule has 0 bridgehead atoms. The van der Waals surface area contributed by atoms with Crippen molar-refractivity contribution in [3.05, 3.63) is 52.3 Å². The van der Waals surface area contributed by atoms with E-state index in [0.717, 1.165) is 55.4 Å². The van der Waals surface area contributed by atoms with Crippen LogP contribution in [0, 0.1) is 0 Å². The van der Waals surface area contributed by atoms with Gasteiger partial charge in [0.1, 0.15) is 5.76 Å². The van der Waals surface area contributed by atoms with Crippen molar-refractivity contribution < 1.29 is 13.6 Å². The molecule has 0 N–H and O–H groups in total. The number of unbranched alkanes of at least 4 members (excludes halogenated alkanes) is 2. The summed E-state index contributed by atoms with van der Waals surface area (Å²) in [6, 6.07) is 7.35. The Hall–Kier alpha value is -1.02. The van der Waals surface area contributed by atoms with Gasteiger partial charge in [0, 0.05) is 11.4 Å². The summed E-state index contributed by atoms with van der Waals surface area (Å²) in [6.07, 6.45) is 8.04. The molecule has 1 atom stereocenters. The van der Waals surface area contributed by atoms with Crippen LogP contribution in [-0.2, 0) is 13.6 Å². The lowest BCUT2D eigenvalue weighted by Crippen LogP contribution is -2.07. The molecule has 25 heavy (non-hydrogen) atoms. The van der Waals surface area contributed by atoms with E-state index in [-0.39, 0.29) is 0 Å². The molecule has 0 spiro atoms. The van der Waals surface area contributed by atoms with Crippen LogP contribution in [0.4, 0.5) is 0 Å². The van der Waals surface area contributed by atoms with Gasteiger partial charge in [0.15, 0.2) is 0 Å². The van der Waals surface area contributed by atoms with Crippen molar-refractivity contribution in [2.45, 2.75) is 59.3 Å². The van der Waals surface area contributed by atoms with Crippen molar-refractivity contribution in [2.75, 3.05) is 6.61 Å². The van der Waals surface area contributed by atoms with Crippen LogP contribution in [0.25, 0.3) is 5.31 Å². The zero-order chi connectivity index (χ0) is 18.3. The number of hydrogen-bond acceptors (Lipinski definition) is 3. The Morgan fingerprint density at radius 2 is 1.68 bits per heavy atom. The molecule has 0 fully saturated rings. The zero-order valence-electron chi connectivity index (χ0n) is 15.4. The third-order valence-electron chi connectivity index (χ3n) is 4.19. The molecule has 0 saturated heterocycles. The van der Waals surface area contributed by atoms with Crippen molar-refractivity contribution >= 4 is 24.5 Å². The monoisotopic (exact) mass is 382 g/mol. The molecule has 1 aromatic carbocycles. The normalized spacial score (nSPS) is 20.4. The quantitative estimate of drug-likeness (QED) is 0.413. The van der Waals surface area contributed by atoms with Gasteiger partial charge in [0.2, 0.25) is 0 Å². The number of hydrogen-bond donors (Lipinski definition) is 0. The lowest BCUT2D eigenvalue weighted by molar-refractivity contribution is 0.251. The first kappa shape index (κ1) is 20.3. The van der Waals surface area contributed by atoms with Crippen molar-refractivity contribution in [2.24, 2.45) is 0 Å². The van der Waals surface area contributed by atoms with Crippen LogP contribution in [0.5, 0.6) is 0 Å². The lowest BCUT2D eigenvalue weighted by atomic mass is 10.0.